The van der Waals surface area contributed by atoms with Crippen molar-refractivity contribution in [3.05, 3.63) is 58.1 Å². The Morgan fingerprint density at radius 2 is 1.71 bits per heavy atom. The first-order chi connectivity index (χ1) is 15.0. The standard InChI is InChI=1S/C20H22Cl2N2O4S.C2H2/c21-16-5-7-18(8-6-16)29(27)24(19-13-17(22)4-3-15(19)14-25)11-12-28-20(26)23-9-1-2-10-23;1-2/h3-8,13,25H,1-2,9-12,14H2;1-2H. The maximum Gasteiger partial charge on any atom is 0.409 e. The Kier molecular flexibility index (Phi) is 10.2. The zero-order valence-corrected chi connectivity index (χ0v) is 19.2. The monoisotopic (exact) mass is 482 g/mol. The average Bonchev–Trinajstić information content (AvgIpc) is 3.33. The van der Waals surface area contributed by atoms with Crippen molar-refractivity contribution in [1.29, 1.82) is 0 Å². The van der Waals surface area contributed by atoms with Crippen LogP contribution in [0.2, 0.25) is 10.0 Å². The smallest absolute Gasteiger partial charge is 0.409 e. The molecule has 2 aromatic carbocycles. The molecule has 1 saturated heterocycles. The van der Waals surface area contributed by atoms with Gasteiger partial charge in [-0.05, 0) is 49.2 Å². The van der Waals surface area contributed by atoms with Gasteiger partial charge < -0.3 is 14.7 Å². The van der Waals surface area contributed by atoms with Gasteiger partial charge in [0.1, 0.15) is 6.61 Å². The first-order valence-corrected chi connectivity index (χ1v) is 11.4. The van der Waals surface area contributed by atoms with E-state index < -0.39 is 11.0 Å². The third-order valence-electron chi connectivity index (χ3n) is 4.59. The molecular formula is C22H24Cl2N2O4S. The van der Waals surface area contributed by atoms with E-state index in [9.17, 15) is 14.1 Å². The molecule has 1 aliphatic rings. The largest absolute Gasteiger partial charge is 0.447 e. The number of aliphatic hydroxyl groups is 1. The molecule has 0 bridgehead atoms. The molecule has 1 atom stereocenters. The quantitative estimate of drug-likeness (QED) is 0.589. The molecule has 9 heteroatoms. The minimum absolute atomic E-state index is 0.0477. The Bertz CT molecular complexity index is 915. The van der Waals surface area contributed by atoms with Crippen LogP contribution in [0.1, 0.15) is 18.4 Å². The van der Waals surface area contributed by atoms with Gasteiger partial charge >= 0.3 is 6.09 Å². The Hall–Kier alpha value is -2.24. The van der Waals surface area contributed by atoms with E-state index in [0.29, 0.717) is 39.3 Å². The van der Waals surface area contributed by atoms with Crippen LogP contribution in [-0.2, 0) is 22.3 Å². The normalized spacial score (nSPS) is 13.8. The van der Waals surface area contributed by atoms with Gasteiger partial charge in [0.25, 0.3) is 0 Å². The number of rotatable bonds is 7. The number of anilines is 1. The second-order valence-electron chi connectivity index (χ2n) is 6.54. The minimum atomic E-state index is -1.62. The second-order valence-corrected chi connectivity index (χ2v) is 8.83. The molecule has 0 radical (unpaired) electrons. The highest BCUT2D eigenvalue weighted by atomic mass is 35.5. The first-order valence-electron chi connectivity index (χ1n) is 9.59. The van der Waals surface area contributed by atoms with Gasteiger partial charge in [-0.15, -0.1) is 12.8 Å². The first kappa shape index (κ1) is 25.0. The highest BCUT2D eigenvalue weighted by molar-refractivity contribution is 7.86. The van der Waals surface area contributed by atoms with E-state index in [0.717, 1.165) is 12.8 Å². The van der Waals surface area contributed by atoms with Crippen LogP contribution in [0, 0.1) is 12.8 Å². The van der Waals surface area contributed by atoms with Crippen LogP contribution in [0.25, 0.3) is 0 Å². The Balaban J connectivity index is 0.00000166. The average molecular weight is 483 g/mol. The lowest BCUT2D eigenvalue weighted by Gasteiger charge is -2.26. The van der Waals surface area contributed by atoms with Crippen molar-refractivity contribution in [3.63, 3.8) is 0 Å². The molecule has 1 amide bonds. The van der Waals surface area contributed by atoms with Gasteiger partial charge in [-0.25, -0.2) is 9.00 Å². The number of carbonyl (C=O) groups is 1. The van der Waals surface area contributed by atoms with Crippen molar-refractivity contribution in [3.8, 4) is 12.8 Å². The molecule has 3 rings (SSSR count). The molecule has 166 valence electrons. The Labute approximate surface area is 195 Å². The van der Waals surface area contributed by atoms with Crippen LogP contribution < -0.4 is 4.31 Å². The van der Waals surface area contributed by atoms with E-state index in [1.54, 1.807) is 51.7 Å². The summed E-state index contributed by atoms with van der Waals surface area (Å²) in [6.07, 6.45) is 9.59. The number of aliphatic hydroxyl groups excluding tert-OH is 1. The maximum atomic E-state index is 13.3. The number of amides is 1. The summed E-state index contributed by atoms with van der Waals surface area (Å²) >= 11 is 12.1. The van der Waals surface area contributed by atoms with Crippen LogP contribution in [0.5, 0.6) is 0 Å². The molecule has 2 aromatic rings. The van der Waals surface area contributed by atoms with Crippen molar-refractivity contribution in [2.75, 3.05) is 30.5 Å². The number of likely N-dealkylation sites (tertiary alicyclic amines) is 1. The summed E-state index contributed by atoms with van der Waals surface area (Å²) in [7, 11) is -1.62. The highest BCUT2D eigenvalue weighted by Crippen LogP contribution is 2.28. The molecule has 0 aromatic heterocycles. The predicted octanol–water partition coefficient (Wildman–Crippen LogP) is 4.50. The van der Waals surface area contributed by atoms with Crippen LogP contribution in [0.15, 0.2) is 47.4 Å². The molecule has 0 spiro atoms. The summed E-state index contributed by atoms with van der Waals surface area (Å²) in [5.74, 6) is 0. The van der Waals surface area contributed by atoms with Crippen LogP contribution in [-0.4, -0.2) is 46.5 Å². The molecule has 31 heavy (non-hydrogen) atoms. The Morgan fingerprint density at radius 1 is 1.10 bits per heavy atom. The van der Waals surface area contributed by atoms with Crippen LogP contribution in [0.4, 0.5) is 10.5 Å². The predicted molar refractivity (Wildman–Crippen MR) is 125 cm³/mol. The van der Waals surface area contributed by atoms with E-state index in [-0.39, 0.29) is 25.9 Å². The SMILES string of the molecule is C#C.O=C(OCCN(c1cc(Cl)ccc1CO)S(=O)c1ccc(Cl)cc1)N1CCCC1. The Morgan fingerprint density at radius 3 is 2.32 bits per heavy atom. The van der Waals surface area contributed by atoms with E-state index in [1.807, 2.05) is 0 Å². The van der Waals surface area contributed by atoms with Gasteiger partial charge in [0, 0.05) is 28.7 Å². The number of halogens is 2. The molecule has 1 N–H and O–H groups in total. The van der Waals surface area contributed by atoms with Crippen molar-refractivity contribution in [2.45, 2.75) is 24.3 Å². The number of nitrogens with zero attached hydrogens (tertiary/aromatic N) is 2. The van der Waals surface area contributed by atoms with Gasteiger partial charge in [-0.1, -0.05) is 29.3 Å². The summed E-state index contributed by atoms with van der Waals surface area (Å²) in [5, 5.41) is 10.7. The van der Waals surface area contributed by atoms with Crippen LogP contribution in [0.3, 0.4) is 0 Å². The number of terminal acetylenes is 1. The van der Waals surface area contributed by atoms with E-state index in [2.05, 4.69) is 12.8 Å². The molecule has 0 saturated carbocycles. The second kappa shape index (κ2) is 12.6. The van der Waals surface area contributed by atoms with Crippen molar-refractivity contribution < 1.29 is 18.8 Å². The molecule has 0 aliphatic carbocycles. The van der Waals surface area contributed by atoms with E-state index in [1.165, 1.54) is 0 Å². The van der Waals surface area contributed by atoms with Gasteiger partial charge in [-0.2, -0.15) is 0 Å². The summed E-state index contributed by atoms with van der Waals surface area (Å²) in [5.41, 5.74) is 1.09. The summed E-state index contributed by atoms with van der Waals surface area (Å²) < 4.78 is 20.2. The fourth-order valence-corrected chi connectivity index (χ4v) is 4.59. The van der Waals surface area contributed by atoms with Crippen molar-refractivity contribution in [2.24, 2.45) is 0 Å². The maximum absolute atomic E-state index is 13.3. The number of ether oxygens (including phenoxy) is 1. The van der Waals surface area contributed by atoms with Crippen molar-refractivity contribution >= 4 is 46.0 Å². The third kappa shape index (κ3) is 6.88. The lowest BCUT2D eigenvalue weighted by Crippen LogP contribution is -2.34. The van der Waals surface area contributed by atoms with Gasteiger partial charge in [0.15, 0.2) is 11.0 Å². The molecular weight excluding hydrogens is 459 g/mol. The summed E-state index contributed by atoms with van der Waals surface area (Å²) in [6, 6.07) is 11.6. The van der Waals surface area contributed by atoms with E-state index >= 15 is 0 Å². The number of benzene rings is 2. The molecule has 1 aliphatic heterocycles. The number of hydrogen-bond acceptors (Lipinski definition) is 4. The minimum Gasteiger partial charge on any atom is -0.447 e. The zero-order valence-electron chi connectivity index (χ0n) is 16.9. The number of carbonyl (C=O) groups excluding carboxylic acids is 1. The number of hydrogen-bond donors (Lipinski definition) is 1. The van der Waals surface area contributed by atoms with Gasteiger partial charge in [0.2, 0.25) is 0 Å². The molecule has 1 unspecified atom stereocenters. The van der Waals surface area contributed by atoms with Gasteiger partial charge in [-0.3, -0.25) is 4.31 Å². The molecule has 6 nitrogen and oxygen atoms in total. The molecule has 1 heterocycles. The third-order valence-corrected chi connectivity index (χ3v) is 6.53. The topological polar surface area (TPSA) is 70.1 Å². The van der Waals surface area contributed by atoms with Crippen molar-refractivity contribution in [1.82, 2.24) is 4.90 Å². The summed E-state index contributed by atoms with van der Waals surface area (Å²) in [6.45, 7) is 1.37. The lowest BCUT2D eigenvalue weighted by atomic mass is 10.2. The fourth-order valence-electron chi connectivity index (χ4n) is 3.08. The van der Waals surface area contributed by atoms with Crippen LogP contribution >= 0.6 is 23.2 Å². The molecule has 1 fully saturated rings. The fraction of sp³-hybridized carbons (Fsp3) is 0.318. The lowest BCUT2D eigenvalue weighted by molar-refractivity contribution is 0.114. The van der Waals surface area contributed by atoms with Gasteiger partial charge in [0.05, 0.1) is 23.7 Å². The summed E-state index contributed by atoms with van der Waals surface area (Å²) in [4.78, 5) is 14.3. The van der Waals surface area contributed by atoms with E-state index in [4.69, 9.17) is 27.9 Å². The highest BCUT2D eigenvalue weighted by Gasteiger charge is 2.22. The zero-order chi connectivity index (χ0) is 22.8.